The first-order valence-corrected chi connectivity index (χ1v) is 3.42. The predicted molar refractivity (Wildman–Crippen MR) is 52.6 cm³/mol. The Hall–Kier alpha value is 0.0649. The first-order chi connectivity index (χ1) is 3.72. The van der Waals surface area contributed by atoms with Gasteiger partial charge < -0.3 is 0 Å². The van der Waals surface area contributed by atoms with Crippen molar-refractivity contribution in [2.24, 2.45) is 11.8 Å². The fourth-order valence-electron chi connectivity index (χ4n) is 0.910. The molecule has 1 unspecified atom stereocenters. The van der Waals surface area contributed by atoms with Gasteiger partial charge in [-0.05, 0) is 11.8 Å². The third kappa shape index (κ3) is 6.19. The van der Waals surface area contributed by atoms with Gasteiger partial charge in [-0.3, -0.25) is 0 Å². The minimum Gasteiger partial charge on any atom is -0.0857 e. The molecule has 0 amide bonds. The van der Waals surface area contributed by atoms with Crippen LogP contribution in [0.3, 0.4) is 0 Å². The lowest BCUT2D eigenvalue weighted by molar-refractivity contribution is 0.408. The van der Waals surface area contributed by atoms with Crippen molar-refractivity contribution in [2.45, 2.75) is 48.4 Å². The van der Waals surface area contributed by atoms with Gasteiger partial charge in [0.05, 0.1) is 7.85 Å². The maximum Gasteiger partial charge on any atom is 0.0656 e. The maximum absolute atomic E-state index is 5.48. The highest BCUT2D eigenvalue weighted by Gasteiger charge is 2.05. The van der Waals surface area contributed by atoms with Gasteiger partial charge in [0.15, 0.2) is 0 Å². The second kappa shape index (κ2) is 9.06. The topological polar surface area (TPSA) is 0 Å². The fourth-order valence-corrected chi connectivity index (χ4v) is 0.910. The minimum atomic E-state index is 0. The van der Waals surface area contributed by atoms with Crippen LogP contribution in [0.5, 0.6) is 0 Å². The molecule has 0 heterocycles. The Kier molecular flexibility index (Phi) is 15.0. The van der Waals surface area contributed by atoms with Crippen LogP contribution in [0.15, 0.2) is 0 Å². The molecular formula is C9H23B. The summed E-state index contributed by atoms with van der Waals surface area (Å²) in [7, 11) is 5.48. The molecule has 0 saturated heterocycles. The summed E-state index contributed by atoms with van der Waals surface area (Å²) < 4.78 is 0. The molecule has 0 aromatic heterocycles. The van der Waals surface area contributed by atoms with E-state index in [1.165, 1.54) is 6.42 Å². The molecule has 62 valence electrons. The van der Waals surface area contributed by atoms with E-state index in [1.807, 2.05) is 0 Å². The normalized spacial score (nSPS) is 11.6. The van der Waals surface area contributed by atoms with E-state index in [9.17, 15) is 0 Å². The van der Waals surface area contributed by atoms with Crippen molar-refractivity contribution in [1.29, 1.82) is 0 Å². The van der Waals surface area contributed by atoms with Crippen LogP contribution in [-0.4, -0.2) is 7.85 Å². The average Bonchev–Trinajstić information content (AvgIpc) is 1.69. The summed E-state index contributed by atoms with van der Waals surface area (Å²) in [5.74, 6) is 1.49. The molecule has 0 N–H and O–H groups in total. The van der Waals surface area contributed by atoms with Crippen molar-refractivity contribution in [3.05, 3.63) is 0 Å². The van der Waals surface area contributed by atoms with Crippen LogP contribution in [0, 0.1) is 11.8 Å². The van der Waals surface area contributed by atoms with E-state index in [4.69, 9.17) is 7.85 Å². The standard InChI is InChI=1S/C7H15B.2CH4/c1-4-7(5-8)6(2)3;;/h6-7H,4-5H2,1-3H3;2*1H4. The van der Waals surface area contributed by atoms with Gasteiger partial charge in [0.25, 0.3) is 0 Å². The van der Waals surface area contributed by atoms with E-state index in [1.54, 1.807) is 0 Å². The molecule has 0 spiro atoms. The highest BCUT2D eigenvalue weighted by Crippen LogP contribution is 2.16. The predicted octanol–water partition coefficient (Wildman–Crippen LogP) is 3.53. The fraction of sp³-hybridized carbons (Fsp3) is 1.00. The zero-order chi connectivity index (χ0) is 6.57. The van der Waals surface area contributed by atoms with Crippen molar-refractivity contribution >= 4 is 7.85 Å². The van der Waals surface area contributed by atoms with Gasteiger partial charge in [0.1, 0.15) is 0 Å². The summed E-state index contributed by atoms with van der Waals surface area (Å²) >= 11 is 0. The lowest BCUT2D eigenvalue weighted by atomic mass is 9.82. The molecule has 0 nitrogen and oxygen atoms in total. The first-order valence-electron chi connectivity index (χ1n) is 3.42. The van der Waals surface area contributed by atoms with E-state index in [2.05, 4.69) is 20.8 Å². The zero-order valence-electron chi connectivity index (χ0n) is 6.15. The van der Waals surface area contributed by atoms with Gasteiger partial charge in [-0.1, -0.05) is 48.4 Å². The van der Waals surface area contributed by atoms with E-state index < -0.39 is 0 Å². The summed E-state index contributed by atoms with van der Waals surface area (Å²) in [6, 6.07) is 0. The number of hydrogen-bond acceptors (Lipinski definition) is 0. The van der Waals surface area contributed by atoms with Gasteiger partial charge in [-0.25, -0.2) is 0 Å². The SMILES string of the molecule is C.C.[B]CC(CC)C(C)C. The molecule has 0 fully saturated rings. The Labute approximate surface area is 68.8 Å². The third-order valence-electron chi connectivity index (χ3n) is 1.77. The molecule has 1 atom stereocenters. The monoisotopic (exact) mass is 142 g/mol. The van der Waals surface area contributed by atoms with Crippen molar-refractivity contribution in [3.8, 4) is 0 Å². The number of rotatable bonds is 3. The second-order valence-electron chi connectivity index (χ2n) is 2.65. The summed E-state index contributed by atoms with van der Waals surface area (Å²) in [5, 5.41) is 0. The quantitative estimate of drug-likeness (QED) is 0.529. The van der Waals surface area contributed by atoms with Crippen LogP contribution in [0.2, 0.25) is 6.32 Å². The average molecular weight is 142 g/mol. The molecule has 0 rings (SSSR count). The Balaban J connectivity index is -0.000000245. The van der Waals surface area contributed by atoms with Crippen LogP contribution in [0.25, 0.3) is 0 Å². The molecule has 0 aliphatic rings. The largest absolute Gasteiger partial charge is 0.0857 e. The van der Waals surface area contributed by atoms with Crippen molar-refractivity contribution in [3.63, 3.8) is 0 Å². The molecule has 10 heavy (non-hydrogen) atoms. The maximum atomic E-state index is 5.48. The third-order valence-corrected chi connectivity index (χ3v) is 1.77. The van der Waals surface area contributed by atoms with E-state index in [0.717, 1.165) is 18.2 Å². The van der Waals surface area contributed by atoms with Crippen LogP contribution < -0.4 is 0 Å². The van der Waals surface area contributed by atoms with E-state index in [0.29, 0.717) is 0 Å². The molecule has 0 aliphatic carbocycles. The van der Waals surface area contributed by atoms with E-state index >= 15 is 0 Å². The molecule has 1 heteroatoms. The number of hydrogen-bond donors (Lipinski definition) is 0. The minimum absolute atomic E-state index is 0. The molecular weight excluding hydrogens is 119 g/mol. The van der Waals surface area contributed by atoms with Gasteiger partial charge in [-0.15, -0.1) is 0 Å². The molecule has 0 aromatic carbocycles. The smallest absolute Gasteiger partial charge is 0.0656 e. The Bertz CT molecular complexity index is 46.7. The Morgan fingerprint density at radius 2 is 1.60 bits per heavy atom. The molecule has 0 aromatic rings. The van der Waals surface area contributed by atoms with Crippen molar-refractivity contribution in [2.75, 3.05) is 0 Å². The summed E-state index contributed by atoms with van der Waals surface area (Å²) in [4.78, 5) is 0. The highest BCUT2D eigenvalue weighted by molar-refractivity contribution is 6.08. The molecule has 2 radical (unpaired) electrons. The summed E-state index contributed by atoms with van der Waals surface area (Å²) in [6.07, 6.45) is 2.06. The molecule has 0 aliphatic heterocycles. The lowest BCUT2D eigenvalue weighted by Crippen LogP contribution is -2.05. The first kappa shape index (κ1) is 16.6. The summed E-state index contributed by atoms with van der Waals surface area (Å²) in [6.45, 7) is 6.64. The lowest BCUT2D eigenvalue weighted by Gasteiger charge is -2.15. The van der Waals surface area contributed by atoms with Crippen molar-refractivity contribution < 1.29 is 0 Å². The Morgan fingerprint density at radius 1 is 1.20 bits per heavy atom. The Morgan fingerprint density at radius 3 is 1.60 bits per heavy atom. The highest BCUT2D eigenvalue weighted by atomic mass is 14.1. The van der Waals surface area contributed by atoms with E-state index in [-0.39, 0.29) is 14.9 Å². The van der Waals surface area contributed by atoms with Crippen LogP contribution in [-0.2, 0) is 0 Å². The summed E-state index contributed by atoms with van der Waals surface area (Å²) in [5.41, 5.74) is 0. The van der Waals surface area contributed by atoms with Gasteiger partial charge in [-0.2, -0.15) is 0 Å². The van der Waals surface area contributed by atoms with Crippen molar-refractivity contribution in [1.82, 2.24) is 0 Å². The van der Waals surface area contributed by atoms with Crippen LogP contribution in [0.1, 0.15) is 42.0 Å². The molecule has 0 bridgehead atoms. The zero-order valence-corrected chi connectivity index (χ0v) is 6.15. The van der Waals surface area contributed by atoms with Gasteiger partial charge in [0.2, 0.25) is 0 Å². The van der Waals surface area contributed by atoms with Crippen LogP contribution >= 0.6 is 0 Å². The molecule has 0 saturated carbocycles. The van der Waals surface area contributed by atoms with Gasteiger partial charge >= 0.3 is 0 Å². The van der Waals surface area contributed by atoms with Gasteiger partial charge in [0, 0.05) is 0 Å². The van der Waals surface area contributed by atoms with Crippen LogP contribution in [0.4, 0.5) is 0 Å². The second-order valence-corrected chi connectivity index (χ2v) is 2.65.